The van der Waals surface area contributed by atoms with Crippen LogP contribution in [-0.4, -0.2) is 53.0 Å². The Balaban J connectivity index is 1.45. The predicted molar refractivity (Wildman–Crippen MR) is 132 cm³/mol. The van der Waals surface area contributed by atoms with E-state index < -0.39 is 0 Å². The Bertz CT molecular complexity index is 981. The van der Waals surface area contributed by atoms with E-state index in [1.54, 1.807) is 17.4 Å². The fourth-order valence-electron chi connectivity index (χ4n) is 4.59. The van der Waals surface area contributed by atoms with Crippen molar-refractivity contribution in [3.05, 3.63) is 70.3 Å². The number of anilines is 1. The first-order valence-corrected chi connectivity index (χ1v) is 12.1. The number of aromatic nitrogens is 1. The summed E-state index contributed by atoms with van der Waals surface area (Å²) in [4.78, 5) is 18.1. The fraction of sp³-hybridized carbons (Fsp3) is 0.440. The number of carbonyl (C=O) groups excluding carboxylic acids is 1. The van der Waals surface area contributed by atoms with Gasteiger partial charge in [-0.05, 0) is 61.6 Å². The Morgan fingerprint density at radius 2 is 2.09 bits per heavy atom. The Hall–Kier alpha value is -2.61. The number of pyridine rings is 1. The number of carbonyl (C=O) groups is 1. The van der Waals surface area contributed by atoms with Crippen LogP contribution in [0.15, 0.2) is 48.9 Å². The molecule has 1 amide bonds. The van der Waals surface area contributed by atoms with E-state index in [-0.39, 0.29) is 5.91 Å². The molecule has 1 aromatic heterocycles. The summed E-state index contributed by atoms with van der Waals surface area (Å²) >= 11 is 6.05. The molecule has 2 aliphatic heterocycles. The van der Waals surface area contributed by atoms with Gasteiger partial charge in [-0.25, -0.2) is 0 Å². The largest absolute Gasteiger partial charge is 0.738 e. The molecule has 33 heavy (non-hydrogen) atoms. The van der Waals surface area contributed by atoms with Crippen LogP contribution in [0.5, 0.6) is 0 Å². The molecule has 1 saturated heterocycles. The van der Waals surface area contributed by atoms with Gasteiger partial charge in [-0.2, -0.15) is 0 Å². The maximum absolute atomic E-state index is 13.2. The molecule has 2 aromatic rings. The molecule has 0 bridgehead atoms. The predicted octanol–water partition coefficient (Wildman–Crippen LogP) is 4.23. The molecule has 0 spiro atoms. The minimum atomic E-state index is 0.0916. The number of hydrogen-bond donors (Lipinski definition) is 1. The van der Waals surface area contributed by atoms with Crippen molar-refractivity contribution < 1.29 is 4.79 Å². The van der Waals surface area contributed by atoms with Crippen molar-refractivity contribution >= 4 is 28.8 Å². The van der Waals surface area contributed by atoms with Crippen molar-refractivity contribution in [2.45, 2.75) is 45.1 Å². The number of nitrogens with zero attached hydrogens (tertiary/aromatic N) is 4. The average Bonchev–Trinajstić information content (AvgIpc) is 3.27. The zero-order chi connectivity index (χ0) is 23.2. The summed E-state index contributed by atoms with van der Waals surface area (Å²) < 4.78 is 0. The van der Waals surface area contributed by atoms with E-state index in [9.17, 15) is 10.0 Å². The summed E-state index contributed by atoms with van der Waals surface area (Å²) in [5.74, 6) is 0.0916. The lowest BCUT2D eigenvalue weighted by Gasteiger charge is -2.47. The first kappa shape index (κ1) is 23.5. The van der Waals surface area contributed by atoms with Gasteiger partial charge in [0.05, 0.1) is 18.4 Å². The molecule has 1 fully saturated rings. The van der Waals surface area contributed by atoms with Crippen LogP contribution >= 0.6 is 11.6 Å². The zero-order valence-electron chi connectivity index (χ0n) is 19.0. The van der Waals surface area contributed by atoms with Gasteiger partial charge in [0, 0.05) is 48.5 Å². The molecule has 8 heteroatoms. The fourth-order valence-corrected chi connectivity index (χ4v) is 4.71. The molecule has 0 saturated carbocycles. The SMILES string of the molecule is CCC(=O)NCCCN1CCC[C@@H]1CN1C=C(Cc2ccc(Cl)cc2)c2ccncc2N1[O-]. The lowest BCUT2D eigenvalue weighted by molar-refractivity contribution is -0.120. The number of rotatable bonds is 9. The van der Waals surface area contributed by atoms with Gasteiger partial charge in [0.25, 0.3) is 0 Å². The molecule has 1 N–H and O–H groups in total. The molecule has 1 atom stereocenters. The number of amides is 1. The lowest BCUT2D eigenvalue weighted by atomic mass is 9.97. The Morgan fingerprint density at radius 1 is 1.27 bits per heavy atom. The highest BCUT2D eigenvalue weighted by atomic mass is 35.5. The highest BCUT2D eigenvalue weighted by Crippen LogP contribution is 2.35. The Labute approximate surface area is 200 Å². The second-order valence-corrected chi connectivity index (χ2v) is 9.07. The van der Waals surface area contributed by atoms with Gasteiger partial charge in [-0.3, -0.25) is 14.7 Å². The van der Waals surface area contributed by atoms with Crippen LogP contribution in [0.1, 0.15) is 43.7 Å². The van der Waals surface area contributed by atoms with Crippen LogP contribution in [-0.2, 0) is 11.2 Å². The topological polar surface area (TPSA) is 74.8 Å². The van der Waals surface area contributed by atoms with E-state index in [0.29, 0.717) is 42.7 Å². The van der Waals surface area contributed by atoms with Crippen molar-refractivity contribution in [1.29, 1.82) is 0 Å². The summed E-state index contributed by atoms with van der Waals surface area (Å²) in [7, 11) is 0. The summed E-state index contributed by atoms with van der Waals surface area (Å²) in [6, 6.07) is 10.0. The minimum Gasteiger partial charge on any atom is -0.738 e. The number of hydrogen-bond acceptors (Lipinski definition) is 6. The quantitative estimate of drug-likeness (QED) is 0.555. The van der Waals surface area contributed by atoms with Gasteiger partial charge in [-0.15, -0.1) is 0 Å². The normalized spacial score (nSPS) is 18.3. The van der Waals surface area contributed by atoms with Crippen molar-refractivity contribution in [1.82, 2.24) is 20.2 Å². The summed E-state index contributed by atoms with van der Waals surface area (Å²) in [6.07, 6.45) is 9.69. The Kier molecular flexibility index (Phi) is 7.85. The Morgan fingerprint density at radius 3 is 2.88 bits per heavy atom. The first-order valence-electron chi connectivity index (χ1n) is 11.7. The summed E-state index contributed by atoms with van der Waals surface area (Å²) in [5, 5.41) is 19.6. The molecule has 1 aromatic carbocycles. The third-order valence-electron chi connectivity index (χ3n) is 6.36. The maximum Gasteiger partial charge on any atom is 0.219 e. The van der Waals surface area contributed by atoms with E-state index in [4.69, 9.17) is 11.6 Å². The summed E-state index contributed by atoms with van der Waals surface area (Å²) in [6.45, 7) is 5.13. The van der Waals surface area contributed by atoms with Crippen LogP contribution in [0.4, 0.5) is 5.69 Å². The van der Waals surface area contributed by atoms with Crippen LogP contribution in [0.25, 0.3) is 5.57 Å². The summed E-state index contributed by atoms with van der Waals surface area (Å²) in [5.41, 5.74) is 3.73. The number of likely N-dealkylation sites (tertiary alicyclic amines) is 1. The molecule has 3 heterocycles. The van der Waals surface area contributed by atoms with E-state index >= 15 is 0 Å². The van der Waals surface area contributed by atoms with E-state index in [2.05, 4.69) is 15.2 Å². The molecule has 2 aliphatic rings. The van der Waals surface area contributed by atoms with E-state index in [0.717, 1.165) is 54.2 Å². The monoisotopic (exact) mass is 468 g/mol. The highest BCUT2D eigenvalue weighted by molar-refractivity contribution is 6.30. The van der Waals surface area contributed by atoms with Gasteiger partial charge in [0.2, 0.25) is 5.91 Å². The molecule has 0 radical (unpaired) electrons. The van der Waals surface area contributed by atoms with Gasteiger partial charge in [0.1, 0.15) is 0 Å². The minimum absolute atomic E-state index is 0.0916. The van der Waals surface area contributed by atoms with E-state index in [1.165, 1.54) is 0 Å². The van der Waals surface area contributed by atoms with Crippen LogP contribution in [0.2, 0.25) is 5.02 Å². The number of benzene rings is 1. The van der Waals surface area contributed by atoms with Crippen LogP contribution in [0.3, 0.4) is 0 Å². The van der Waals surface area contributed by atoms with Crippen molar-refractivity contribution in [2.75, 3.05) is 31.4 Å². The molecular weight excluding hydrogens is 438 g/mol. The lowest BCUT2D eigenvalue weighted by Crippen LogP contribution is -2.46. The van der Waals surface area contributed by atoms with Crippen molar-refractivity contribution in [3.63, 3.8) is 0 Å². The van der Waals surface area contributed by atoms with Crippen molar-refractivity contribution in [2.24, 2.45) is 0 Å². The smallest absolute Gasteiger partial charge is 0.219 e. The van der Waals surface area contributed by atoms with Gasteiger partial charge >= 0.3 is 0 Å². The van der Waals surface area contributed by atoms with E-state index in [1.807, 2.05) is 43.5 Å². The third kappa shape index (κ3) is 5.85. The molecule has 176 valence electrons. The van der Waals surface area contributed by atoms with Crippen LogP contribution in [0, 0.1) is 5.21 Å². The first-order chi connectivity index (χ1) is 16.0. The second-order valence-electron chi connectivity index (χ2n) is 8.63. The standard InChI is InChI=1S/C25H31ClN5O2/c1-2-25(32)28-11-4-14-29-13-3-5-22(29)18-30-17-20(15-19-6-8-21(26)9-7-19)23-10-12-27-16-24(23)31(30)33/h6-10,12,16-17,22H,2-5,11,13-15,18H2,1H3,(H,28,32)/q-1/t22-/m1/s1. The molecular formula is C25H31ClN5O2-. The highest BCUT2D eigenvalue weighted by Gasteiger charge is 2.28. The van der Waals surface area contributed by atoms with Crippen molar-refractivity contribution in [3.8, 4) is 0 Å². The number of fused-ring (bicyclic) bond motifs is 1. The molecule has 0 unspecified atom stereocenters. The van der Waals surface area contributed by atoms with Crippen LogP contribution < -0.4 is 10.5 Å². The number of allylic oxidation sites excluding steroid dienone is 1. The third-order valence-corrected chi connectivity index (χ3v) is 6.61. The molecule has 4 rings (SSSR count). The number of halogens is 1. The van der Waals surface area contributed by atoms with Gasteiger partial charge in [0.15, 0.2) is 0 Å². The average molecular weight is 469 g/mol. The van der Waals surface area contributed by atoms with Gasteiger partial charge in [-0.1, -0.05) is 30.7 Å². The zero-order valence-corrected chi connectivity index (χ0v) is 19.8. The van der Waals surface area contributed by atoms with Gasteiger partial charge < -0.3 is 20.7 Å². The molecule has 0 aliphatic carbocycles. The maximum atomic E-state index is 13.2. The molecule has 7 nitrogen and oxygen atoms in total. The second kappa shape index (κ2) is 11.0. The number of hydrazine groups is 1. The number of nitrogens with one attached hydrogen (secondary N) is 1.